The second-order valence-corrected chi connectivity index (χ2v) is 5.92. The minimum Gasteiger partial charge on any atom is -0.491 e. The van der Waals surface area contributed by atoms with Gasteiger partial charge in [-0.3, -0.25) is 0 Å². The molecule has 1 heterocycles. The average Bonchev–Trinajstić information content (AvgIpc) is 2.46. The molecule has 20 heavy (non-hydrogen) atoms. The number of rotatable bonds is 6. The maximum atomic E-state index is 5.67. The molecule has 0 bridgehead atoms. The van der Waals surface area contributed by atoms with Crippen molar-refractivity contribution in [1.82, 2.24) is 5.32 Å². The maximum absolute atomic E-state index is 5.67. The summed E-state index contributed by atoms with van der Waals surface area (Å²) in [5, 5.41) is 3.63. The van der Waals surface area contributed by atoms with E-state index in [0.717, 1.165) is 31.4 Å². The number of hydrogen-bond acceptors (Lipinski definition) is 3. The van der Waals surface area contributed by atoms with Crippen molar-refractivity contribution in [2.75, 3.05) is 19.8 Å². The highest BCUT2D eigenvalue weighted by molar-refractivity contribution is 5.29. The van der Waals surface area contributed by atoms with Crippen LogP contribution in [0.25, 0.3) is 0 Å². The summed E-state index contributed by atoms with van der Waals surface area (Å²) < 4.78 is 11.1. The van der Waals surface area contributed by atoms with Crippen LogP contribution in [0, 0.1) is 5.92 Å². The number of benzene rings is 1. The molecule has 1 saturated heterocycles. The summed E-state index contributed by atoms with van der Waals surface area (Å²) in [5.74, 6) is 1.70. The van der Waals surface area contributed by atoms with E-state index in [9.17, 15) is 0 Å². The van der Waals surface area contributed by atoms with Gasteiger partial charge in [-0.1, -0.05) is 12.1 Å². The van der Waals surface area contributed by atoms with Crippen LogP contribution < -0.4 is 10.1 Å². The molecule has 0 aliphatic carbocycles. The van der Waals surface area contributed by atoms with Crippen molar-refractivity contribution in [3.8, 4) is 5.75 Å². The predicted molar refractivity (Wildman–Crippen MR) is 82.2 cm³/mol. The van der Waals surface area contributed by atoms with Crippen molar-refractivity contribution >= 4 is 0 Å². The third-order valence-electron chi connectivity index (χ3n) is 3.81. The molecule has 1 fully saturated rings. The highest BCUT2D eigenvalue weighted by atomic mass is 16.5. The topological polar surface area (TPSA) is 30.5 Å². The molecule has 0 amide bonds. The van der Waals surface area contributed by atoms with Crippen LogP contribution in [-0.4, -0.2) is 25.9 Å². The first-order valence-corrected chi connectivity index (χ1v) is 7.73. The van der Waals surface area contributed by atoms with Crippen molar-refractivity contribution in [1.29, 1.82) is 0 Å². The first-order valence-electron chi connectivity index (χ1n) is 7.73. The quantitative estimate of drug-likeness (QED) is 0.862. The molecule has 0 spiro atoms. The van der Waals surface area contributed by atoms with Gasteiger partial charge in [-0.15, -0.1) is 0 Å². The van der Waals surface area contributed by atoms with Gasteiger partial charge in [0.2, 0.25) is 0 Å². The molecule has 0 aromatic heterocycles. The van der Waals surface area contributed by atoms with E-state index in [0.29, 0.717) is 6.04 Å². The van der Waals surface area contributed by atoms with Crippen molar-refractivity contribution in [3.05, 3.63) is 29.8 Å². The van der Waals surface area contributed by atoms with Gasteiger partial charge in [-0.25, -0.2) is 0 Å². The molecule has 112 valence electrons. The second-order valence-electron chi connectivity index (χ2n) is 5.92. The largest absolute Gasteiger partial charge is 0.491 e. The van der Waals surface area contributed by atoms with Crippen molar-refractivity contribution in [3.63, 3.8) is 0 Å². The zero-order chi connectivity index (χ0) is 14.4. The second kappa shape index (κ2) is 7.65. The normalized spacial score (nSPS) is 18.2. The van der Waals surface area contributed by atoms with E-state index in [1.165, 1.54) is 18.4 Å². The minimum absolute atomic E-state index is 0.227. The van der Waals surface area contributed by atoms with Crippen LogP contribution in [0.2, 0.25) is 0 Å². The lowest BCUT2D eigenvalue weighted by atomic mass is 9.99. The van der Waals surface area contributed by atoms with Crippen molar-refractivity contribution in [2.24, 2.45) is 5.92 Å². The molecule has 1 aliphatic heterocycles. The lowest BCUT2D eigenvalue weighted by Crippen LogP contribution is -2.29. The molecule has 3 nitrogen and oxygen atoms in total. The van der Waals surface area contributed by atoms with Crippen LogP contribution in [0.4, 0.5) is 0 Å². The van der Waals surface area contributed by atoms with Gasteiger partial charge in [0.25, 0.3) is 0 Å². The van der Waals surface area contributed by atoms with E-state index in [1.807, 2.05) is 13.8 Å². The van der Waals surface area contributed by atoms with Crippen LogP contribution in [0.5, 0.6) is 5.75 Å². The zero-order valence-electron chi connectivity index (χ0n) is 12.9. The Labute approximate surface area is 122 Å². The standard InChI is InChI=1S/C17H27NO2/c1-13(2)20-17-6-4-16(5-7-17)14(3)18-12-15-8-10-19-11-9-15/h4-7,13-15,18H,8-12H2,1-3H3. The molecule has 0 saturated carbocycles. The molecule has 1 aliphatic rings. The van der Waals surface area contributed by atoms with Crippen LogP contribution in [-0.2, 0) is 4.74 Å². The van der Waals surface area contributed by atoms with Gasteiger partial charge in [-0.2, -0.15) is 0 Å². The summed E-state index contributed by atoms with van der Waals surface area (Å²) in [6.45, 7) is 9.23. The van der Waals surface area contributed by atoms with Gasteiger partial charge in [0.05, 0.1) is 6.10 Å². The molecule has 3 heteroatoms. The van der Waals surface area contributed by atoms with Crippen LogP contribution in [0.15, 0.2) is 24.3 Å². The molecule has 1 aromatic carbocycles. The van der Waals surface area contributed by atoms with Gasteiger partial charge in [0.15, 0.2) is 0 Å². The van der Waals surface area contributed by atoms with E-state index in [-0.39, 0.29) is 6.10 Å². The third kappa shape index (κ3) is 4.80. The fourth-order valence-electron chi connectivity index (χ4n) is 2.52. The van der Waals surface area contributed by atoms with Crippen LogP contribution >= 0.6 is 0 Å². The summed E-state index contributed by atoms with van der Waals surface area (Å²) in [6, 6.07) is 8.80. The van der Waals surface area contributed by atoms with Gasteiger partial charge in [0.1, 0.15) is 5.75 Å². The SMILES string of the molecule is CC(C)Oc1ccc(C(C)NCC2CCOCC2)cc1. The fraction of sp³-hybridized carbons (Fsp3) is 0.647. The minimum atomic E-state index is 0.227. The smallest absolute Gasteiger partial charge is 0.119 e. The Morgan fingerprint density at radius 3 is 2.40 bits per heavy atom. The zero-order valence-corrected chi connectivity index (χ0v) is 12.9. The Kier molecular flexibility index (Phi) is 5.86. The molecule has 0 radical (unpaired) electrons. The van der Waals surface area contributed by atoms with E-state index in [1.54, 1.807) is 0 Å². The fourth-order valence-corrected chi connectivity index (χ4v) is 2.52. The summed E-state index contributed by atoms with van der Waals surface area (Å²) in [7, 11) is 0. The van der Waals surface area contributed by atoms with E-state index < -0.39 is 0 Å². The van der Waals surface area contributed by atoms with Gasteiger partial charge in [-0.05, 0) is 63.8 Å². The Morgan fingerprint density at radius 2 is 1.80 bits per heavy atom. The summed E-state index contributed by atoms with van der Waals surface area (Å²) >= 11 is 0. The third-order valence-corrected chi connectivity index (χ3v) is 3.81. The Balaban J connectivity index is 1.80. The summed E-state index contributed by atoms with van der Waals surface area (Å²) in [4.78, 5) is 0. The van der Waals surface area contributed by atoms with Gasteiger partial charge < -0.3 is 14.8 Å². The molecule has 1 aromatic rings. The monoisotopic (exact) mass is 277 g/mol. The van der Waals surface area contributed by atoms with E-state index in [2.05, 4.69) is 36.5 Å². The van der Waals surface area contributed by atoms with Crippen LogP contribution in [0.3, 0.4) is 0 Å². The lowest BCUT2D eigenvalue weighted by molar-refractivity contribution is 0.0656. The van der Waals surface area contributed by atoms with E-state index >= 15 is 0 Å². The van der Waals surface area contributed by atoms with Crippen LogP contribution in [0.1, 0.15) is 45.2 Å². The number of ether oxygens (including phenoxy) is 2. The number of nitrogens with one attached hydrogen (secondary N) is 1. The van der Waals surface area contributed by atoms with Gasteiger partial charge >= 0.3 is 0 Å². The van der Waals surface area contributed by atoms with E-state index in [4.69, 9.17) is 9.47 Å². The first-order chi connectivity index (χ1) is 9.65. The predicted octanol–water partition coefficient (Wildman–Crippen LogP) is 3.55. The molecule has 1 N–H and O–H groups in total. The average molecular weight is 277 g/mol. The Hall–Kier alpha value is -1.06. The molecule has 1 atom stereocenters. The van der Waals surface area contributed by atoms with Gasteiger partial charge in [0, 0.05) is 19.3 Å². The van der Waals surface area contributed by atoms with Crippen molar-refractivity contribution in [2.45, 2.75) is 45.8 Å². The number of hydrogen-bond donors (Lipinski definition) is 1. The highest BCUT2D eigenvalue weighted by Crippen LogP contribution is 2.20. The maximum Gasteiger partial charge on any atom is 0.119 e. The Morgan fingerprint density at radius 1 is 1.15 bits per heavy atom. The van der Waals surface area contributed by atoms with Crippen molar-refractivity contribution < 1.29 is 9.47 Å². The molecular weight excluding hydrogens is 250 g/mol. The molecular formula is C17H27NO2. The lowest BCUT2D eigenvalue weighted by Gasteiger charge is -2.24. The Bertz CT molecular complexity index is 382. The molecule has 2 rings (SSSR count). The molecule has 1 unspecified atom stereocenters. The first kappa shape index (κ1) is 15.3. The summed E-state index contributed by atoms with van der Waals surface area (Å²) in [5.41, 5.74) is 1.31. The highest BCUT2D eigenvalue weighted by Gasteiger charge is 2.15. The summed E-state index contributed by atoms with van der Waals surface area (Å²) in [6.07, 6.45) is 2.59.